The summed E-state index contributed by atoms with van der Waals surface area (Å²) in [4.78, 5) is 11.9. The van der Waals surface area contributed by atoms with E-state index < -0.39 is 5.91 Å². The Hall–Kier alpha value is -3.33. The number of hydrogen-bond acceptors (Lipinski definition) is 4. The first-order valence-corrected chi connectivity index (χ1v) is 8.65. The van der Waals surface area contributed by atoms with Crippen LogP contribution in [0.15, 0.2) is 42.7 Å². The number of benzene rings is 1. The fraction of sp³-hybridized carbons (Fsp3) is 0.250. The van der Waals surface area contributed by atoms with Gasteiger partial charge in [0, 0.05) is 17.8 Å². The molecule has 6 heteroatoms. The average Bonchev–Trinajstić information content (AvgIpc) is 3.40. The van der Waals surface area contributed by atoms with E-state index in [0.717, 1.165) is 22.3 Å². The summed E-state index contributed by atoms with van der Waals surface area (Å²) in [5, 5.41) is 16.9. The number of anilines is 1. The molecular weight excluding hydrogens is 326 g/mol. The second-order valence-corrected chi connectivity index (χ2v) is 6.82. The van der Waals surface area contributed by atoms with Gasteiger partial charge in [0.1, 0.15) is 0 Å². The third-order valence-corrected chi connectivity index (χ3v) is 4.93. The molecule has 0 saturated heterocycles. The van der Waals surface area contributed by atoms with Gasteiger partial charge in [-0.2, -0.15) is 10.4 Å². The minimum Gasteiger partial charge on any atom is -0.380 e. The van der Waals surface area contributed by atoms with Gasteiger partial charge in [0.25, 0.3) is 5.91 Å². The van der Waals surface area contributed by atoms with Crippen molar-refractivity contribution in [3.05, 3.63) is 53.9 Å². The number of fused-ring (bicyclic) bond motifs is 1. The summed E-state index contributed by atoms with van der Waals surface area (Å²) in [6.07, 6.45) is 5.81. The Kier molecular flexibility index (Phi) is 3.85. The summed E-state index contributed by atoms with van der Waals surface area (Å²) in [7, 11) is 0. The van der Waals surface area contributed by atoms with E-state index >= 15 is 0 Å². The number of aromatic nitrogens is 2. The number of nitrogens with two attached hydrogens (primary N) is 1. The topological polar surface area (TPSA) is 96.2 Å². The first-order chi connectivity index (χ1) is 12.6. The molecule has 1 amide bonds. The van der Waals surface area contributed by atoms with Crippen LogP contribution in [0.2, 0.25) is 0 Å². The molecule has 0 spiro atoms. The maximum absolute atomic E-state index is 11.9. The fourth-order valence-electron chi connectivity index (χ4n) is 3.26. The van der Waals surface area contributed by atoms with Crippen molar-refractivity contribution in [3.63, 3.8) is 0 Å². The van der Waals surface area contributed by atoms with E-state index in [-0.39, 0.29) is 6.04 Å². The van der Waals surface area contributed by atoms with Gasteiger partial charge in [0.15, 0.2) is 0 Å². The van der Waals surface area contributed by atoms with E-state index in [1.807, 2.05) is 30.5 Å². The van der Waals surface area contributed by atoms with E-state index in [4.69, 9.17) is 11.0 Å². The van der Waals surface area contributed by atoms with Crippen molar-refractivity contribution >= 4 is 17.1 Å². The van der Waals surface area contributed by atoms with Crippen molar-refractivity contribution in [2.24, 2.45) is 11.7 Å². The van der Waals surface area contributed by atoms with Crippen molar-refractivity contribution < 1.29 is 4.79 Å². The number of amides is 1. The Morgan fingerprint density at radius 1 is 1.38 bits per heavy atom. The predicted octanol–water partition coefficient (Wildman–Crippen LogP) is 3.18. The number of rotatable bonds is 5. The van der Waals surface area contributed by atoms with Gasteiger partial charge in [0.05, 0.1) is 34.6 Å². The zero-order valence-corrected chi connectivity index (χ0v) is 14.4. The van der Waals surface area contributed by atoms with Gasteiger partial charge in [-0.15, -0.1) is 0 Å². The van der Waals surface area contributed by atoms with E-state index in [2.05, 4.69) is 23.4 Å². The molecule has 0 radical (unpaired) electrons. The molecule has 6 nitrogen and oxygen atoms in total. The van der Waals surface area contributed by atoms with Crippen molar-refractivity contribution in [1.82, 2.24) is 9.61 Å². The number of carbonyl (C=O) groups is 1. The van der Waals surface area contributed by atoms with Crippen LogP contribution >= 0.6 is 0 Å². The fourth-order valence-corrected chi connectivity index (χ4v) is 3.26. The third kappa shape index (κ3) is 2.88. The SMILES string of the molecule is C[C@@H](Nc1c(C(N)=O)cnn2cc(-c3cccc(C#N)c3)cc12)C1CC1. The number of nitrogens with one attached hydrogen (secondary N) is 1. The van der Waals surface area contributed by atoms with Crippen LogP contribution in [0.3, 0.4) is 0 Å². The molecule has 0 unspecified atom stereocenters. The van der Waals surface area contributed by atoms with Gasteiger partial charge in [-0.1, -0.05) is 12.1 Å². The first-order valence-electron chi connectivity index (χ1n) is 8.65. The highest BCUT2D eigenvalue weighted by atomic mass is 16.1. The number of hydrogen-bond donors (Lipinski definition) is 2. The van der Waals surface area contributed by atoms with E-state index in [9.17, 15) is 4.79 Å². The Bertz CT molecular complexity index is 1040. The van der Waals surface area contributed by atoms with Crippen LogP contribution in [-0.2, 0) is 0 Å². The lowest BCUT2D eigenvalue weighted by Gasteiger charge is -2.17. The van der Waals surface area contributed by atoms with Crippen LogP contribution in [0.4, 0.5) is 5.69 Å². The Morgan fingerprint density at radius 3 is 2.88 bits per heavy atom. The van der Waals surface area contributed by atoms with E-state index in [1.54, 1.807) is 10.6 Å². The zero-order chi connectivity index (χ0) is 18.3. The number of nitrogens with zero attached hydrogens (tertiary/aromatic N) is 3. The Morgan fingerprint density at radius 2 is 2.19 bits per heavy atom. The molecule has 4 rings (SSSR count). The molecule has 1 aliphatic carbocycles. The number of carbonyl (C=O) groups excluding carboxylic acids is 1. The van der Waals surface area contributed by atoms with Gasteiger partial charge in [-0.3, -0.25) is 4.79 Å². The molecular formula is C20H19N5O. The second-order valence-electron chi connectivity index (χ2n) is 6.82. The molecule has 1 aliphatic rings. The lowest BCUT2D eigenvalue weighted by Crippen LogP contribution is -2.22. The molecule has 1 saturated carbocycles. The van der Waals surface area contributed by atoms with Crippen LogP contribution in [-0.4, -0.2) is 21.6 Å². The summed E-state index contributed by atoms with van der Waals surface area (Å²) in [6.45, 7) is 2.12. The van der Waals surface area contributed by atoms with Crippen LogP contribution in [0.1, 0.15) is 35.7 Å². The summed E-state index contributed by atoms with van der Waals surface area (Å²) < 4.78 is 1.74. The molecule has 2 aromatic heterocycles. The molecule has 0 bridgehead atoms. The van der Waals surface area contributed by atoms with Crippen molar-refractivity contribution in [3.8, 4) is 17.2 Å². The van der Waals surface area contributed by atoms with Crippen LogP contribution in [0.5, 0.6) is 0 Å². The zero-order valence-electron chi connectivity index (χ0n) is 14.4. The van der Waals surface area contributed by atoms with E-state index in [0.29, 0.717) is 17.0 Å². The molecule has 130 valence electrons. The summed E-state index contributed by atoms with van der Waals surface area (Å²) >= 11 is 0. The van der Waals surface area contributed by atoms with Crippen molar-refractivity contribution in [2.45, 2.75) is 25.8 Å². The minimum atomic E-state index is -0.500. The smallest absolute Gasteiger partial charge is 0.252 e. The number of primary amides is 1. The first kappa shape index (κ1) is 16.2. The van der Waals surface area contributed by atoms with Gasteiger partial charge < -0.3 is 11.1 Å². The monoisotopic (exact) mass is 345 g/mol. The van der Waals surface area contributed by atoms with Crippen LogP contribution in [0.25, 0.3) is 16.6 Å². The highest BCUT2D eigenvalue weighted by molar-refractivity contribution is 6.02. The molecule has 3 N–H and O–H groups in total. The minimum absolute atomic E-state index is 0.263. The summed E-state index contributed by atoms with van der Waals surface area (Å²) in [5.41, 5.74) is 9.93. The second kappa shape index (κ2) is 6.19. The van der Waals surface area contributed by atoms with Gasteiger partial charge >= 0.3 is 0 Å². The molecule has 1 fully saturated rings. The normalized spacial score (nSPS) is 14.8. The molecule has 0 aliphatic heterocycles. The maximum Gasteiger partial charge on any atom is 0.252 e. The largest absolute Gasteiger partial charge is 0.380 e. The van der Waals surface area contributed by atoms with E-state index in [1.165, 1.54) is 19.0 Å². The molecule has 26 heavy (non-hydrogen) atoms. The van der Waals surface area contributed by atoms with Gasteiger partial charge in [-0.25, -0.2) is 4.52 Å². The number of nitriles is 1. The molecule has 1 atom stereocenters. The van der Waals surface area contributed by atoms with Crippen molar-refractivity contribution in [1.29, 1.82) is 5.26 Å². The van der Waals surface area contributed by atoms with Crippen LogP contribution in [0, 0.1) is 17.2 Å². The summed E-state index contributed by atoms with van der Waals surface area (Å²) in [6, 6.07) is 11.8. The maximum atomic E-state index is 11.9. The Balaban J connectivity index is 1.83. The highest BCUT2D eigenvalue weighted by Crippen LogP contribution is 2.36. The molecule has 3 aromatic rings. The van der Waals surface area contributed by atoms with Crippen LogP contribution < -0.4 is 11.1 Å². The lowest BCUT2D eigenvalue weighted by atomic mass is 10.1. The standard InChI is InChI=1S/C20H19N5O/c1-12(14-5-6-14)24-19-17(20(22)26)10-23-25-11-16(8-18(19)25)15-4-2-3-13(7-15)9-21/h2-4,7-8,10-12,14,24H,5-6H2,1H3,(H2,22,26)/t12-/m1/s1. The van der Waals surface area contributed by atoms with Gasteiger partial charge in [-0.05, 0) is 49.4 Å². The van der Waals surface area contributed by atoms with Gasteiger partial charge in [0.2, 0.25) is 0 Å². The summed E-state index contributed by atoms with van der Waals surface area (Å²) in [5.74, 6) is 0.130. The lowest BCUT2D eigenvalue weighted by molar-refractivity contribution is 0.100. The third-order valence-electron chi connectivity index (χ3n) is 4.93. The highest BCUT2D eigenvalue weighted by Gasteiger charge is 2.29. The molecule has 2 heterocycles. The van der Waals surface area contributed by atoms with Crippen molar-refractivity contribution in [2.75, 3.05) is 5.32 Å². The predicted molar refractivity (Wildman–Crippen MR) is 99.7 cm³/mol. The molecule has 1 aromatic carbocycles. The quantitative estimate of drug-likeness (QED) is 0.742. The Labute approximate surface area is 151 Å². The average molecular weight is 345 g/mol.